The molecule has 0 saturated carbocycles. The Morgan fingerprint density at radius 1 is 1.24 bits per heavy atom. The zero-order valence-electron chi connectivity index (χ0n) is 11.8. The number of allylic oxidation sites excluding steroid dienone is 4. The highest BCUT2D eigenvalue weighted by Crippen LogP contribution is 2.13. The van der Waals surface area contributed by atoms with Crippen molar-refractivity contribution in [2.45, 2.75) is 47.0 Å². The summed E-state index contributed by atoms with van der Waals surface area (Å²) in [5, 5.41) is 0. The zero-order valence-corrected chi connectivity index (χ0v) is 11.8. The molecule has 94 valence electrons. The van der Waals surface area contributed by atoms with Gasteiger partial charge in [0.15, 0.2) is 0 Å². The van der Waals surface area contributed by atoms with Crippen LogP contribution in [0.5, 0.6) is 0 Å². The van der Waals surface area contributed by atoms with Crippen LogP contribution < -0.4 is 0 Å². The zero-order chi connectivity index (χ0) is 13.1. The lowest BCUT2D eigenvalue weighted by molar-refractivity contribution is 0.903. The van der Waals surface area contributed by atoms with Crippen molar-refractivity contribution in [2.24, 2.45) is 0 Å². The van der Waals surface area contributed by atoms with E-state index in [-0.39, 0.29) is 0 Å². The Hall–Kier alpha value is -1.37. The molecule has 0 bridgehead atoms. The van der Waals surface area contributed by atoms with E-state index in [1.807, 2.05) is 20.0 Å². The highest BCUT2D eigenvalue weighted by Gasteiger charge is 2.00. The second kappa shape index (κ2) is 9.83. The lowest BCUT2D eigenvalue weighted by atomic mass is 10.1. The van der Waals surface area contributed by atoms with E-state index in [0.29, 0.717) is 5.92 Å². The summed E-state index contributed by atoms with van der Waals surface area (Å²) in [5.74, 6) is 0.382. The third-order valence-electron chi connectivity index (χ3n) is 2.28. The molecule has 1 nitrogen and oxygen atoms in total. The van der Waals surface area contributed by atoms with E-state index in [2.05, 4.69) is 62.2 Å². The van der Waals surface area contributed by atoms with Gasteiger partial charge in [0, 0.05) is 17.8 Å². The normalized spacial score (nSPS) is 12.5. The predicted octanol–water partition coefficient (Wildman–Crippen LogP) is 5.04. The van der Waals surface area contributed by atoms with Crippen molar-refractivity contribution < 1.29 is 0 Å². The van der Waals surface area contributed by atoms with Crippen LogP contribution in [0.3, 0.4) is 0 Å². The van der Waals surface area contributed by atoms with Gasteiger partial charge in [0.25, 0.3) is 0 Å². The quantitative estimate of drug-likeness (QED) is 0.661. The van der Waals surface area contributed by atoms with Gasteiger partial charge in [-0.2, -0.15) is 0 Å². The molecule has 0 aromatic carbocycles. The molecule has 0 spiro atoms. The Kier molecular flexibility index (Phi) is 9.04. The smallest absolute Gasteiger partial charge is 0.0469 e. The average Bonchev–Trinajstić information content (AvgIpc) is 2.38. The second-order valence-electron chi connectivity index (χ2n) is 3.77. The Bertz CT molecular complexity index is 333. The third-order valence-corrected chi connectivity index (χ3v) is 2.28. The molecular formula is C16H25N. The molecule has 0 radical (unpaired) electrons. The average molecular weight is 231 g/mol. The van der Waals surface area contributed by atoms with Crippen LogP contribution in [0.25, 0.3) is 0 Å². The van der Waals surface area contributed by atoms with Gasteiger partial charge in [0.2, 0.25) is 0 Å². The number of aromatic nitrogens is 1. The highest BCUT2D eigenvalue weighted by molar-refractivity contribution is 5.20. The number of hydrogen-bond donors (Lipinski definition) is 0. The summed E-state index contributed by atoms with van der Waals surface area (Å²) in [7, 11) is 0. The maximum absolute atomic E-state index is 4.40. The van der Waals surface area contributed by atoms with Crippen LogP contribution in [0.1, 0.15) is 51.3 Å². The van der Waals surface area contributed by atoms with E-state index in [9.17, 15) is 0 Å². The molecular weight excluding hydrogens is 206 g/mol. The first-order valence-corrected chi connectivity index (χ1v) is 6.50. The SMILES string of the molecule is CC.CC/C=C\C=C/C(C)c1ccc(C)cn1. The number of nitrogens with zero attached hydrogens (tertiary/aromatic N) is 1. The number of pyridine rings is 1. The van der Waals surface area contributed by atoms with Crippen molar-refractivity contribution in [3.63, 3.8) is 0 Å². The molecule has 0 N–H and O–H groups in total. The van der Waals surface area contributed by atoms with Crippen molar-refractivity contribution in [1.29, 1.82) is 0 Å². The summed E-state index contributed by atoms with van der Waals surface area (Å²) < 4.78 is 0. The molecule has 1 rings (SSSR count). The minimum atomic E-state index is 0.382. The first-order chi connectivity index (χ1) is 8.24. The fourth-order valence-electron chi connectivity index (χ4n) is 1.29. The standard InChI is InChI=1S/C14H19N.C2H6/c1-4-5-6-7-8-13(3)14-10-9-12(2)11-15-14;1-2/h5-11,13H,4H2,1-3H3;1-2H3/b6-5-,8-7-;. The summed E-state index contributed by atoms with van der Waals surface area (Å²) >= 11 is 0. The molecule has 0 aliphatic carbocycles. The van der Waals surface area contributed by atoms with Crippen LogP contribution in [0, 0.1) is 6.92 Å². The van der Waals surface area contributed by atoms with Gasteiger partial charge in [-0.05, 0) is 25.0 Å². The molecule has 0 fully saturated rings. The van der Waals surface area contributed by atoms with Gasteiger partial charge in [-0.25, -0.2) is 0 Å². The molecule has 0 aliphatic rings. The lowest BCUT2D eigenvalue weighted by Crippen LogP contribution is -1.93. The van der Waals surface area contributed by atoms with Gasteiger partial charge < -0.3 is 0 Å². The summed E-state index contributed by atoms with van der Waals surface area (Å²) in [6, 6.07) is 4.20. The molecule has 1 heteroatoms. The van der Waals surface area contributed by atoms with E-state index >= 15 is 0 Å². The molecule has 1 aromatic heterocycles. The largest absolute Gasteiger partial charge is 0.260 e. The summed E-state index contributed by atoms with van der Waals surface area (Å²) in [5.41, 5.74) is 2.34. The molecule has 1 aromatic rings. The van der Waals surface area contributed by atoms with E-state index in [1.54, 1.807) is 0 Å². The van der Waals surface area contributed by atoms with Crippen LogP contribution in [-0.4, -0.2) is 4.98 Å². The minimum absolute atomic E-state index is 0.382. The van der Waals surface area contributed by atoms with Gasteiger partial charge in [0.05, 0.1) is 0 Å². The first-order valence-electron chi connectivity index (χ1n) is 6.50. The molecule has 0 saturated heterocycles. The molecule has 0 aliphatic heterocycles. The Balaban J connectivity index is 0.00000121. The van der Waals surface area contributed by atoms with Crippen LogP contribution in [-0.2, 0) is 0 Å². The highest BCUT2D eigenvalue weighted by atomic mass is 14.7. The van der Waals surface area contributed by atoms with Crippen molar-refractivity contribution in [3.05, 3.63) is 53.9 Å². The Labute approximate surface area is 106 Å². The summed E-state index contributed by atoms with van der Waals surface area (Å²) in [6.45, 7) is 10.4. The Morgan fingerprint density at radius 3 is 2.47 bits per heavy atom. The van der Waals surface area contributed by atoms with Gasteiger partial charge >= 0.3 is 0 Å². The number of hydrogen-bond acceptors (Lipinski definition) is 1. The molecule has 1 heterocycles. The lowest BCUT2D eigenvalue weighted by Gasteiger charge is -2.04. The van der Waals surface area contributed by atoms with Crippen molar-refractivity contribution in [3.8, 4) is 0 Å². The van der Waals surface area contributed by atoms with Crippen LogP contribution >= 0.6 is 0 Å². The van der Waals surface area contributed by atoms with E-state index in [1.165, 1.54) is 5.56 Å². The predicted molar refractivity (Wildman–Crippen MR) is 77.3 cm³/mol. The van der Waals surface area contributed by atoms with Crippen LogP contribution in [0.2, 0.25) is 0 Å². The summed E-state index contributed by atoms with van der Waals surface area (Å²) in [4.78, 5) is 4.40. The monoisotopic (exact) mass is 231 g/mol. The minimum Gasteiger partial charge on any atom is -0.260 e. The van der Waals surface area contributed by atoms with E-state index in [4.69, 9.17) is 0 Å². The molecule has 1 atom stereocenters. The van der Waals surface area contributed by atoms with Gasteiger partial charge in [0.1, 0.15) is 0 Å². The molecule has 0 amide bonds. The summed E-state index contributed by atoms with van der Waals surface area (Å²) in [6.07, 6.45) is 11.5. The maximum atomic E-state index is 4.40. The van der Waals surface area contributed by atoms with Gasteiger partial charge in [-0.1, -0.05) is 58.1 Å². The van der Waals surface area contributed by atoms with Crippen LogP contribution in [0.4, 0.5) is 0 Å². The topological polar surface area (TPSA) is 12.9 Å². The Morgan fingerprint density at radius 2 is 1.94 bits per heavy atom. The van der Waals surface area contributed by atoms with Crippen LogP contribution in [0.15, 0.2) is 42.6 Å². The third kappa shape index (κ3) is 6.72. The van der Waals surface area contributed by atoms with Crippen molar-refractivity contribution in [1.82, 2.24) is 4.98 Å². The fraction of sp³-hybridized carbons (Fsp3) is 0.438. The maximum Gasteiger partial charge on any atom is 0.0469 e. The second-order valence-corrected chi connectivity index (χ2v) is 3.77. The molecule has 17 heavy (non-hydrogen) atoms. The van der Waals surface area contributed by atoms with Gasteiger partial charge in [-0.15, -0.1) is 0 Å². The van der Waals surface area contributed by atoms with E-state index in [0.717, 1.165) is 12.1 Å². The number of aryl methyl sites for hydroxylation is 1. The fourth-order valence-corrected chi connectivity index (χ4v) is 1.29. The first kappa shape index (κ1) is 15.6. The van der Waals surface area contributed by atoms with E-state index < -0.39 is 0 Å². The van der Waals surface area contributed by atoms with Gasteiger partial charge in [-0.3, -0.25) is 4.98 Å². The molecule has 1 unspecified atom stereocenters. The number of rotatable bonds is 4. The van der Waals surface area contributed by atoms with Crippen molar-refractivity contribution >= 4 is 0 Å². The van der Waals surface area contributed by atoms with Crippen molar-refractivity contribution in [2.75, 3.05) is 0 Å².